The van der Waals surface area contributed by atoms with Crippen LogP contribution >= 0.6 is 0 Å². The number of aromatic nitrogens is 2. The number of nitrogens with one attached hydrogen (secondary N) is 1. The minimum atomic E-state index is -0.310. The van der Waals surface area contributed by atoms with Gasteiger partial charge < -0.3 is 10.1 Å². The molecule has 2 unspecified atom stereocenters. The molecule has 3 rings (SSSR count). The summed E-state index contributed by atoms with van der Waals surface area (Å²) in [6.45, 7) is 4.10. The van der Waals surface area contributed by atoms with Crippen molar-refractivity contribution in [3.05, 3.63) is 23.8 Å². The fourth-order valence-electron chi connectivity index (χ4n) is 2.79. The third kappa shape index (κ3) is 1.53. The Morgan fingerprint density at radius 2 is 2.59 bits per heavy atom. The maximum atomic E-state index is 11.9. The van der Waals surface area contributed by atoms with Gasteiger partial charge in [-0.2, -0.15) is 0 Å². The largest absolute Gasteiger partial charge is 0.462 e. The Morgan fingerprint density at radius 3 is 3.24 bits per heavy atom. The summed E-state index contributed by atoms with van der Waals surface area (Å²) in [6.07, 6.45) is 4.20. The molecule has 1 saturated carbocycles. The summed E-state index contributed by atoms with van der Waals surface area (Å²) in [6, 6.07) is 0. The number of piperidine rings is 1. The number of nitrogens with zero attached hydrogens (tertiary/aromatic N) is 2. The molecular weight excluding hydrogens is 218 g/mol. The summed E-state index contributed by atoms with van der Waals surface area (Å²) < 4.78 is 5.05. The Morgan fingerprint density at radius 1 is 1.71 bits per heavy atom. The van der Waals surface area contributed by atoms with E-state index in [1.54, 1.807) is 13.1 Å². The van der Waals surface area contributed by atoms with Crippen LogP contribution in [-0.2, 0) is 10.2 Å². The van der Waals surface area contributed by atoms with Gasteiger partial charge in [0.05, 0.1) is 12.3 Å². The minimum absolute atomic E-state index is 0.0606. The lowest BCUT2D eigenvalue weighted by Gasteiger charge is -2.14. The van der Waals surface area contributed by atoms with Crippen LogP contribution in [0.2, 0.25) is 0 Å². The summed E-state index contributed by atoms with van der Waals surface area (Å²) in [7, 11) is 0. The van der Waals surface area contributed by atoms with Gasteiger partial charge >= 0.3 is 5.97 Å². The molecule has 5 nitrogen and oxygen atoms in total. The standard InChI is InChI=1S/C12H15N3O2/c1-2-17-11(16)9-5-14-7-15-10(9)12-3-8(12)4-13-6-12/h5,7-8,13H,2-4,6H2,1H3. The number of carbonyl (C=O) groups is 1. The predicted molar refractivity (Wildman–Crippen MR) is 60.6 cm³/mol. The zero-order chi connectivity index (χ0) is 11.9. The Hall–Kier alpha value is -1.49. The van der Waals surface area contributed by atoms with Crippen molar-refractivity contribution in [3.63, 3.8) is 0 Å². The summed E-state index contributed by atoms with van der Waals surface area (Å²) in [5.74, 6) is 0.306. The average molecular weight is 233 g/mol. The summed E-state index contributed by atoms with van der Waals surface area (Å²) in [4.78, 5) is 20.1. The number of rotatable bonds is 3. The van der Waals surface area contributed by atoms with Crippen molar-refractivity contribution in [2.75, 3.05) is 19.7 Å². The van der Waals surface area contributed by atoms with Crippen LogP contribution in [0.15, 0.2) is 12.5 Å². The van der Waals surface area contributed by atoms with Crippen LogP contribution in [0, 0.1) is 5.92 Å². The number of hydrogen-bond donors (Lipinski definition) is 1. The van der Waals surface area contributed by atoms with Crippen LogP contribution in [0.5, 0.6) is 0 Å². The molecule has 1 aliphatic carbocycles. The van der Waals surface area contributed by atoms with E-state index in [9.17, 15) is 4.79 Å². The summed E-state index contributed by atoms with van der Waals surface area (Å²) in [5, 5.41) is 3.35. The van der Waals surface area contributed by atoms with Gasteiger partial charge in [0, 0.05) is 18.2 Å². The topological polar surface area (TPSA) is 64.1 Å². The molecule has 2 aliphatic rings. The first-order valence-corrected chi connectivity index (χ1v) is 5.96. The van der Waals surface area contributed by atoms with Crippen molar-refractivity contribution in [2.45, 2.75) is 18.8 Å². The van der Waals surface area contributed by atoms with Crippen LogP contribution < -0.4 is 5.32 Å². The number of hydrogen-bond acceptors (Lipinski definition) is 5. The Labute approximate surface area is 99.6 Å². The van der Waals surface area contributed by atoms with Gasteiger partial charge in [0.1, 0.15) is 11.9 Å². The number of esters is 1. The molecule has 17 heavy (non-hydrogen) atoms. The molecule has 0 aromatic carbocycles. The van der Waals surface area contributed by atoms with Gasteiger partial charge in [0.15, 0.2) is 0 Å². The molecule has 0 spiro atoms. The highest BCUT2D eigenvalue weighted by atomic mass is 16.5. The monoisotopic (exact) mass is 233 g/mol. The van der Waals surface area contributed by atoms with Crippen LogP contribution in [0.25, 0.3) is 0 Å². The molecule has 2 heterocycles. The first-order valence-electron chi connectivity index (χ1n) is 5.96. The van der Waals surface area contributed by atoms with Crippen molar-refractivity contribution in [3.8, 4) is 0 Å². The van der Waals surface area contributed by atoms with Crippen molar-refractivity contribution < 1.29 is 9.53 Å². The first-order chi connectivity index (χ1) is 8.28. The van der Waals surface area contributed by atoms with Gasteiger partial charge in [-0.25, -0.2) is 14.8 Å². The van der Waals surface area contributed by atoms with E-state index in [4.69, 9.17) is 4.74 Å². The van der Waals surface area contributed by atoms with Crippen molar-refractivity contribution in [1.29, 1.82) is 0 Å². The molecule has 1 aromatic rings. The first kappa shape index (κ1) is 10.7. The van der Waals surface area contributed by atoms with E-state index in [1.165, 1.54) is 6.33 Å². The smallest absolute Gasteiger partial charge is 0.341 e. The minimum Gasteiger partial charge on any atom is -0.462 e. The van der Waals surface area contributed by atoms with Crippen LogP contribution in [0.3, 0.4) is 0 Å². The molecule has 0 amide bonds. The van der Waals surface area contributed by atoms with E-state index in [0.717, 1.165) is 25.2 Å². The van der Waals surface area contributed by atoms with Crippen LogP contribution in [0.1, 0.15) is 29.4 Å². The van der Waals surface area contributed by atoms with Crippen LogP contribution in [-0.4, -0.2) is 35.6 Å². The van der Waals surface area contributed by atoms with Crippen molar-refractivity contribution in [2.24, 2.45) is 5.92 Å². The third-order valence-electron chi connectivity index (χ3n) is 3.74. The lowest BCUT2D eigenvalue weighted by atomic mass is 9.97. The molecule has 2 atom stereocenters. The molecular formula is C12H15N3O2. The second kappa shape index (κ2) is 3.77. The predicted octanol–water partition coefficient (Wildman–Crippen LogP) is 0.514. The molecule has 0 bridgehead atoms. The normalized spacial score (nSPS) is 29.8. The lowest BCUT2D eigenvalue weighted by Crippen LogP contribution is -2.24. The second-order valence-electron chi connectivity index (χ2n) is 4.69. The zero-order valence-corrected chi connectivity index (χ0v) is 9.77. The highest BCUT2D eigenvalue weighted by Crippen LogP contribution is 2.56. The number of carbonyl (C=O) groups excluding carboxylic acids is 1. The summed E-state index contributed by atoms with van der Waals surface area (Å²) in [5.41, 5.74) is 1.45. The highest BCUT2D eigenvalue weighted by molar-refractivity contribution is 5.91. The quantitative estimate of drug-likeness (QED) is 0.771. The Bertz CT molecular complexity index is 463. The van der Waals surface area contributed by atoms with E-state index in [2.05, 4.69) is 15.3 Å². The van der Waals surface area contributed by atoms with Crippen molar-refractivity contribution >= 4 is 5.97 Å². The molecule has 1 aliphatic heterocycles. The number of ether oxygens (including phenoxy) is 1. The Kier molecular flexibility index (Phi) is 2.36. The number of fused-ring (bicyclic) bond motifs is 1. The molecule has 1 saturated heterocycles. The van der Waals surface area contributed by atoms with Crippen molar-refractivity contribution in [1.82, 2.24) is 15.3 Å². The van der Waals surface area contributed by atoms with Gasteiger partial charge in [0.25, 0.3) is 0 Å². The van der Waals surface area contributed by atoms with E-state index >= 15 is 0 Å². The van der Waals surface area contributed by atoms with Gasteiger partial charge in [-0.05, 0) is 25.8 Å². The maximum Gasteiger partial charge on any atom is 0.341 e. The summed E-state index contributed by atoms with van der Waals surface area (Å²) >= 11 is 0. The van der Waals surface area contributed by atoms with Gasteiger partial charge in [-0.1, -0.05) is 0 Å². The van der Waals surface area contributed by atoms with E-state index < -0.39 is 0 Å². The van der Waals surface area contributed by atoms with Gasteiger partial charge in [0.2, 0.25) is 0 Å². The highest BCUT2D eigenvalue weighted by Gasteiger charge is 2.60. The average Bonchev–Trinajstić information content (AvgIpc) is 2.92. The lowest BCUT2D eigenvalue weighted by molar-refractivity contribution is 0.0523. The molecule has 0 radical (unpaired) electrons. The van der Waals surface area contributed by atoms with E-state index in [1.807, 2.05) is 0 Å². The van der Waals surface area contributed by atoms with Gasteiger partial charge in [-0.3, -0.25) is 0 Å². The molecule has 1 N–H and O–H groups in total. The fraction of sp³-hybridized carbons (Fsp3) is 0.583. The van der Waals surface area contributed by atoms with Crippen LogP contribution in [0.4, 0.5) is 0 Å². The molecule has 90 valence electrons. The van der Waals surface area contributed by atoms with Gasteiger partial charge in [-0.15, -0.1) is 0 Å². The van der Waals surface area contributed by atoms with E-state index in [-0.39, 0.29) is 11.4 Å². The zero-order valence-electron chi connectivity index (χ0n) is 9.77. The third-order valence-corrected chi connectivity index (χ3v) is 3.74. The fourth-order valence-corrected chi connectivity index (χ4v) is 2.79. The SMILES string of the molecule is CCOC(=O)c1cncnc1C12CNCC1C2. The molecule has 2 fully saturated rings. The maximum absolute atomic E-state index is 11.9. The van der Waals surface area contributed by atoms with E-state index in [0.29, 0.717) is 18.1 Å². The molecule has 5 heteroatoms. The Balaban J connectivity index is 1.97. The second-order valence-corrected chi connectivity index (χ2v) is 4.69. The molecule has 1 aromatic heterocycles.